The topological polar surface area (TPSA) is 82.5 Å². The van der Waals surface area contributed by atoms with E-state index >= 15 is 0 Å². The third-order valence-corrected chi connectivity index (χ3v) is 4.37. The van der Waals surface area contributed by atoms with Crippen LogP contribution in [0.4, 0.5) is 9.93 Å². The number of carbonyl (C=O) groups excluding carboxylic acids is 1. The first-order valence-corrected chi connectivity index (χ1v) is 7.65. The lowest BCUT2D eigenvalue weighted by molar-refractivity contribution is -0.143. The molecule has 1 aromatic heterocycles. The van der Waals surface area contributed by atoms with Gasteiger partial charge in [-0.05, 0) is 19.3 Å². The Labute approximate surface area is 121 Å². The number of carbonyl (C=O) groups is 2. The fourth-order valence-corrected chi connectivity index (χ4v) is 3.13. The number of hydrogen-bond acceptors (Lipinski definition) is 4. The molecular weight excluding hydrogens is 278 g/mol. The Bertz CT molecular complexity index is 481. The second-order valence-corrected chi connectivity index (χ2v) is 6.03. The first-order valence-electron chi connectivity index (χ1n) is 6.83. The van der Waals surface area contributed by atoms with E-state index in [-0.39, 0.29) is 11.9 Å². The van der Waals surface area contributed by atoms with Crippen LogP contribution in [-0.2, 0) is 11.2 Å². The van der Waals surface area contributed by atoms with Crippen molar-refractivity contribution < 1.29 is 14.7 Å². The van der Waals surface area contributed by atoms with Gasteiger partial charge in [-0.3, -0.25) is 10.1 Å². The number of nitrogens with one attached hydrogen (secondary N) is 1. The van der Waals surface area contributed by atoms with Crippen LogP contribution in [0.5, 0.6) is 0 Å². The van der Waals surface area contributed by atoms with E-state index in [9.17, 15) is 9.59 Å². The summed E-state index contributed by atoms with van der Waals surface area (Å²) in [6.07, 6.45) is 4.85. The molecule has 0 bridgehead atoms. The lowest BCUT2D eigenvalue weighted by Gasteiger charge is -2.29. The Morgan fingerprint density at radius 3 is 2.80 bits per heavy atom. The van der Waals surface area contributed by atoms with Crippen LogP contribution in [0.2, 0.25) is 0 Å². The summed E-state index contributed by atoms with van der Waals surface area (Å²) in [5.41, 5.74) is 0. The number of aryl methyl sites for hydroxylation is 1. The number of carboxylic acids is 1. The second-order valence-electron chi connectivity index (χ2n) is 4.91. The number of rotatable bonds is 4. The molecule has 0 radical (unpaired) electrons. The van der Waals surface area contributed by atoms with E-state index in [1.807, 2.05) is 0 Å². The Kier molecular flexibility index (Phi) is 4.94. The number of amides is 2. The second kappa shape index (κ2) is 6.69. The van der Waals surface area contributed by atoms with E-state index in [2.05, 4.69) is 17.2 Å². The molecule has 2 amide bonds. The van der Waals surface area contributed by atoms with Gasteiger partial charge in [0.15, 0.2) is 5.13 Å². The molecule has 2 rings (SSSR count). The molecule has 0 aliphatic carbocycles. The highest BCUT2D eigenvalue weighted by Gasteiger charge is 2.27. The monoisotopic (exact) mass is 297 g/mol. The highest BCUT2D eigenvalue weighted by molar-refractivity contribution is 7.15. The molecule has 2 N–H and O–H groups in total. The highest BCUT2D eigenvalue weighted by Crippen LogP contribution is 2.21. The number of aliphatic carboxylic acids is 1. The third kappa shape index (κ3) is 3.69. The van der Waals surface area contributed by atoms with Crippen LogP contribution in [0.3, 0.4) is 0 Å². The van der Waals surface area contributed by atoms with Crippen LogP contribution in [0, 0.1) is 5.92 Å². The maximum atomic E-state index is 12.0. The van der Waals surface area contributed by atoms with Crippen molar-refractivity contribution in [3.8, 4) is 0 Å². The summed E-state index contributed by atoms with van der Waals surface area (Å²) in [5.74, 6) is -1.09. The first-order chi connectivity index (χ1) is 9.60. The quantitative estimate of drug-likeness (QED) is 0.894. The molecule has 0 saturated carbocycles. The van der Waals surface area contributed by atoms with Crippen molar-refractivity contribution >= 4 is 28.5 Å². The molecule has 1 saturated heterocycles. The minimum atomic E-state index is -0.769. The van der Waals surface area contributed by atoms with Crippen molar-refractivity contribution in [3.63, 3.8) is 0 Å². The van der Waals surface area contributed by atoms with E-state index < -0.39 is 5.97 Å². The number of aromatic nitrogens is 1. The van der Waals surface area contributed by atoms with E-state index in [1.54, 1.807) is 11.1 Å². The molecule has 1 aliphatic rings. The van der Waals surface area contributed by atoms with Crippen LogP contribution in [0.1, 0.15) is 31.1 Å². The summed E-state index contributed by atoms with van der Waals surface area (Å²) in [5, 5.41) is 12.3. The largest absolute Gasteiger partial charge is 0.481 e. The Hall–Kier alpha value is -1.63. The zero-order chi connectivity index (χ0) is 14.5. The van der Waals surface area contributed by atoms with Gasteiger partial charge in [-0.2, -0.15) is 0 Å². The van der Waals surface area contributed by atoms with Gasteiger partial charge in [0.05, 0.1) is 5.92 Å². The van der Waals surface area contributed by atoms with Gasteiger partial charge in [0.1, 0.15) is 0 Å². The predicted octanol–water partition coefficient (Wildman–Crippen LogP) is 2.42. The number of piperidine rings is 1. The van der Waals surface area contributed by atoms with Gasteiger partial charge >= 0.3 is 12.0 Å². The van der Waals surface area contributed by atoms with E-state index in [0.717, 1.165) is 17.7 Å². The fraction of sp³-hybridized carbons (Fsp3) is 0.615. The molecule has 6 nitrogen and oxygen atoms in total. The molecule has 0 aromatic carbocycles. The zero-order valence-electron chi connectivity index (χ0n) is 11.5. The Balaban J connectivity index is 1.84. The van der Waals surface area contributed by atoms with Crippen LogP contribution in [0.25, 0.3) is 0 Å². The van der Waals surface area contributed by atoms with Crippen LogP contribution >= 0.6 is 11.3 Å². The molecule has 7 heteroatoms. The summed E-state index contributed by atoms with van der Waals surface area (Å²) in [6, 6.07) is -0.189. The maximum Gasteiger partial charge on any atom is 0.323 e. The van der Waals surface area contributed by atoms with Gasteiger partial charge < -0.3 is 10.0 Å². The van der Waals surface area contributed by atoms with Gasteiger partial charge in [0.25, 0.3) is 0 Å². The van der Waals surface area contributed by atoms with Crippen molar-refractivity contribution in [1.82, 2.24) is 9.88 Å². The van der Waals surface area contributed by atoms with Crippen LogP contribution in [-0.4, -0.2) is 40.1 Å². The Morgan fingerprint density at radius 2 is 2.20 bits per heavy atom. The van der Waals surface area contributed by atoms with E-state index in [1.165, 1.54) is 11.3 Å². The van der Waals surface area contributed by atoms with Crippen molar-refractivity contribution in [2.75, 3.05) is 18.4 Å². The number of urea groups is 1. The molecule has 1 fully saturated rings. The Morgan fingerprint density at radius 1 is 1.50 bits per heavy atom. The first kappa shape index (κ1) is 14.8. The summed E-state index contributed by atoms with van der Waals surface area (Å²) in [6.45, 7) is 3.07. The molecular formula is C13H19N3O3S. The molecule has 20 heavy (non-hydrogen) atoms. The number of hydrogen-bond donors (Lipinski definition) is 2. The number of nitrogens with zero attached hydrogens (tertiary/aromatic N) is 2. The van der Waals surface area contributed by atoms with Crippen LogP contribution < -0.4 is 5.32 Å². The number of anilines is 1. The number of likely N-dealkylation sites (tertiary alicyclic amines) is 1. The number of thiazole rings is 1. The highest BCUT2D eigenvalue weighted by atomic mass is 32.1. The summed E-state index contributed by atoms with van der Waals surface area (Å²) in [4.78, 5) is 29.9. The molecule has 1 aromatic rings. The minimum absolute atomic E-state index is 0.189. The lowest BCUT2D eigenvalue weighted by Crippen LogP contribution is -2.42. The van der Waals surface area contributed by atoms with Gasteiger partial charge in [-0.15, -0.1) is 11.3 Å². The van der Waals surface area contributed by atoms with Crippen LogP contribution in [0.15, 0.2) is 6.20 Å². The SMILES string of the molecule is CCCc1cnc(NC(=O)N2CCC(C(=O)O)CC2)s1. The lowest BCUT2D eigenvalue weighted by atomic mass is 9.97. The van der Waals surface area contributed by atoms with Crippen molar-refractivity contribution in [2.24, 2.45) is 5.92 Å². The normalized spacial score (nSPS) is 16.1. The predicted molar refractivity (Wildman–Crippen MR) is 77.1 cm³/mol. The standard InChI is InChI=1S/C13H19N3O3S/c1-2-3-10-8-14-12(20-10)15-13(19)16-6-4-9(5-7-16)11(17)18/h8-9H,2-7H2,1H3,(H,17,18)(H,14,15,19). The minimum Gasteiger partial charge on any atom is -0.481 e. The summed E-state index contributed by atoms with van der Waals surface area (Å²) >= 11 is 1.49. The summed E-state index contributed by atoms with van der Waals surface area (Å²) in [7, 11) is 0. The zero-order valence-corrected chi connectivity index (χ0v) is 12.3. The molecule has 2 heterocycles. The molecule has 0 spiro atoms. The van der Waals surface area contributed by atoms with Crippen molar-refractivity contribution in [3.05, 3.63) is 11.1 Å². The molecule has 1 aliphatic heterocycles. The molecule has 110 valence electrons. The van der Waals surface area contributed by atoms with Crippen molar-refractivity contribution in [2.45, 2.75) is 32.6 Å². The van der Waals surface area contributed by atoms with E-state index in [4.69, 9.17) is 5.11 Å². The van der Waals surface area contributed by atoms with Gasteiger partial charge in [0.2, 0.25) is 0 Å². The van der Waals surface area contributed by atoms with Gasteiger partial charge in [-0.1, -0.05) is 13.3 Å². The average Bonchev–Trinajstić information content (AvgIpc) is 2.86. The smallest absolute Gasteiger partial charge is 0.323 e. The van der Waals surface area contributed by atoms with Crippen molar-refractivity contribution in [1.29, 1.82) is 0 Å². The molecule has 0 atom stereocenters. The summed E-state index contributed by atoms with van der Waals surface area (Å²) < 4.78 is 0. The van der Waals surface area contributed by atoms with E-state index in [0.29, 0.717) is 31.1 Å². The maximum absolute atomic E-state index is 12.0. The average molecular weight is 297 g/mol. The fourth-order valence-electron chi connectivity index (χ4n) is 2.23. The molecule has 0 unspecified atom stereocenters. The van der Waals surface area contributed by atoms with Gasteiger partial charge in [0, 0.05) is 24.2 Å². The van der Waals surface area contributed by atoms with Gasteiger partial charge in [-0.25, -0.2) is 9.78 Å². The number of carboxylic acid groups (broad SMARTS) is 1. The third-order valence-electron chi connectivity index (χ3n) is 3.40.